The molecule has 3 nitrogen and oxygen atoms in total. The Morgan fingerprint density at radius 3 is 2.69 bits per heavy atom. The second kappa shape index (κ2) is 7.94. The minimum atomic E-state index is -0.172. The Balaban J connectivity index is 1.32. The van der Waals surface area contributed by atoms with Crippen LogP contribution in [0.5, 0.6) is 0 Å². The maximum absolute atomic E-state index is 13.0. The summed E-state index contributed by atoms with van der Waals surface area (Å²) in [6, 6.07) is 10.9. The van der Waals surface area contributed by atoms with Gasteiger partial charge in [-0.3, -0.25) is 4.90 Å². The quantitative estimate of drug-likeness (QED) is 0.568. The van der Waals surface area contributed by atoms with E-state index in [-0.39, 0.29) is 5.82 Å². The number of aromatic nitrogens is 1. The third-order valence-electron chi connectivity index (χ3n) is 4.65. The number of thioether (sulfide) groups is 1. The van der Waals surface area contributed by atoms with E-state index in [1.807, 2.05) is 48.3 Å². The van der Waals surface area contributed by atoms with Gasteiger partial charge in [0.1, 0.15) is 11.6 Å². The molecule has 2 aromatic heterocycles. The lowest BCUT2D eigenvalue weighted by molar-refractivity contribution is 0.221. The van der Waals surface area contributed by atoms with Crippen molar-refractivity contribution < 1.29 is 8.81 Å². The average Bonchev–Trinajstić information content (AvgIpc) is 3.29. The highest BCUT2D eigenvalue weighted by molar-refractivity contribution is 8.00. The fourth-order valence-corrected chi connectivity index (χ4v) is 4.96. The minimum Gasteiger partial charge on any atom is -0.440 e. The minimum absolute atomic E-state index is 0.172. The zero-order valence-corrected chi connectivity index (χ0v) is 16.3. The molecule has 1 aromatic carbocycles. The van der Waals surface area contributed by atoms with E-state index in [9.17, 15) is 4.39 Å². The molecular formula is C20H21FN2OS2. The largest absolute Gasteiger partial charge is 0.440 e. The second-order valence-corrected chi connectivity index (χ2v) is 8.87. The molecule has 0 atom stereocenters. The molecule has 0 aliphatic carbocycles. The van der Waals surface area contributed by atoms with Crippen LogP contribution in [0, 0.1) is 12.7 Å². The Kier molecular flexibility index (Phi) is 5.43. The number of nitrogens with zero attached hydrogens (tertiary/aromatic N) is 2. The van der Waals surface area contributed by atoms with Gasteiger partial charge in [-0.05, 0) is 68.6 Å². The molecule has 3 heterocycles. The highest BCUT2D eigenvalue weighted by atomic mass is 32.2. The summed E-state index contributed by atoms with van der Waals surface area (Å²) in [4.78, 5) is 9.38. The van der Waals surface area contributed by atoms with Gasteiger partial charge < -0.3 is 4.42 Å². The molecule has 26 heavy (non-hydrogen) atoms. The fourth-order valence-electron chi connectivity index (χ4n) is 3.18. The van der Waals surface area contributed by atoms with Gasteiger partial charge in [-0.1, -0.05) is 6.07 Å². The smallest absolute Gasteiger partial charge is 0.236 e. The molecule has 1 aliphatic rings. The molecule has 6 heteroatoms. The van der Waals surface area contributed by atoms with E-state index in [0.29, 0.717) is 5.25 Å². The van der Waals surface area contributed by atoms with Crippen molar-refractivity contribution in [2.24, 2.45) is 0 Å². The van der Waals surface area contributed by atoms with E-state index < -0.39 is 0 Å². The van der Waals surface area contributed by atoms with E-state index in [1.54, 1.807) is 11.3 Å². The van der Waals surface area contributed by atoms with Gasteiger partial charge in [-0.2, -0.15) is 0 Å². The number of benzene rings is 1. The third-order valence-corrected chi connectivity index (χ3v) is 6.86. The van der Waals surface area contributed by atoms with Crippen LogP contribution in [0.25, 0.3) is 10.8 Å². The Morgan fingerprint density at radius 1 is 1.23 bits per heavy atom. The van der Waals surface area contributed by atoms with E-state index in [4.69, 9.17) is 9.40 Å². The summed E-state index contributed by atoms with van der Waals surface area (Å²) in [5.41, 5.74) is 1.04. The van der Waals surface area contributed by atoms with Crippen molar-refractivity contribution in [3.05, 3.63) is 59.0 Å². The number of halogens is 1. The topological polar surface area (TPSA) is 29.3 Å². The summed E-state index contributed by atoms with van der Waals surface area (Å²) in [7, 11) is 0. The van der Waals surface area contributed by atoms with Gasteiger partial charge in [0.25, 0.3) is 0 Å². The summed E-state index contributed by atoms with van der Waals surface area (Å²) in [6.07, 6.45) is 2.27. The molecule has 4 rings (SSSR count). The molecule has 0 unspecified atom stereocenters. The molecule has 136 valence electrons. The molecule has 3 aromatic rings. The predicted octanol–water partition coefficient (Wildman–Crippen LogP) is 5.61. The second-order valence-electron chi connectivity index (χ2n) is 6.55. The Morgan fingerprint density at radius 2 is 2.00 bits per heavy atom. The highest BCUT2D eigenvalue weighted by Gasteiger charge is 2.22. The van der Waals surface area contributed by atoms with Crippen LogP contribution in [0.3, 0.4) is 0 Å². The Hall–Kier alpha value is -1.63. The summed E-state index contributed by atoms with van der Waals surface area (Å²) in [6.45, 7) is 4.95. The number of likely N-dealkylation sites (tertiary alicyclic amines) is 1. The number of oxazole rings is 1. The zero-order chi connectivity index (χ0) is 17.9. The standard InChI is InChI=1S/C20H21FN2OS2/c1-14-18(22-20(24-14)19-3-2-12-25-19)13-23-10-8-17(9-11-23)26-16-6-4-15(21)5-7-16/h2-7,12,17H,8-11,13H2,1H3. The number of thiophene rings is 1. The van der Waals surface area contributed by atoms with Gasteiger partial charge in [0.15, 0.2) is 0 Å². The summed E-state index contributed by atoms with van der Waals surface area (Å²) >= 11 is 3.51. The molecular weight excluding hydrogens is 367 g/mol. The average molecular weight is 389 g/mol. The zero-order valence-electron chi connectivity index (χ0n) is 14.7. The van der Waals surface area contributed by atoms with E-state index in [1.165, 1.54) is 12.1 Å². The highest BCUT2D eigenvalue weighted by Crippen LogP contribution is 2.31. The van der Waals surface area contributed by atoms with Crippen molar-refractivity contribution in [2.45, 2.75) is 36.5 Å². The van der Waals surface area contributed by atoms with E-state index in [0.717, 1.165) is 59.6 Å². The van der Waals surface area contributed by atoms with Crippen LogP contribution in [-0.2, 0) is 6.54 Å². The molecule has 0 N–H and O–H groups in total. The van der Waals surface area contributed by atoms with Gasteiger partial charge in [0, 0.05) is 16.7 Å². The van der Waals surface area contributed by atoms with Crippen molar-refractivity contribution in [2.75, 3.05) is 13.1 Å². The van der Waals surface area contributed by atoms with E-state index >= 15 is 0 Å². The first-order valence-electron chi connectivity index (χ1n) is 8.82. The molecule has 0 saturated carbocycles. The predicted molar refractivity (Wildman–Crippen MR) is 105 cm³/mol. The van der Waals surface area contributed by atoms with Gasteiger partial charge in [0.05, 0.1) is 10.6 Å². The van der Waals surface area contributed by atoms with Crippen LogP contribution in [0.1, 0.15) is 24.3 Å². The van der Waals surface area contributed by atoms with Gasteiger partial charge in [-0.25, -0.2) is 9.37 Å². The number of aryl methyl sites for hydroxylation is 1. The number of rotatable bonds is 5. The maximum Gasteiger partial charge on any atom is 0.236 e. The lowest BCUT2D eigenvalue weighted by Gasteiger charge is -2.31. The van der Waals surface area contributed by atoms with Crippen LogP contribution in [0.2, 0.25) is 0 Å². The van der Waals surface area contributed by atoms with E-state index in [2.05, 4.69) is 4.90 Å². The van der Waals surface area contributed by atoms with Crippen LogP contribution in [0.4, 0.5) is 4.39 Å². The number of piperidine rings is 1. The fraction of sp³-hybridized carbons (Fsp3) is 0.350. The molecule has 0 spiro atoms. The van der Waals surface area contributed by atoms with Gasteiger partial charge in [-0.15, -0.1) is 23.1 Å². The van der Waals surface area contributed by atoms with Crippen LogP contribution >= 0.6 is 23.1 Å². The monoisotopic (exact) mass is 388 g/mol. The summed E-state index contributed by atoms with van der Waals surface area (Å²) < 4.78 is 18.9. The molecule has 1 aliphatic heterocycles. The van der Waals surface area contributed by atoms with Crippen LogP contribution in [-0.4, -0.2) is 28.2 Å². The van der Waals surface area contributed by atoms with Crippen molar-refractivity contribution in [3.8, 4) is 10.8 Å². The van der Waals surface area contributed by atoms with Crippen LogP contribution in [0.15, 0.2) is 51.1 Å². The summed E-state index contributed by atoms with van der Waals surface area (Å²) in [5, 5.41) is 2.63. The summed E-state index contributed by atoms with van der Waals surface area (Å²) in [5.74, 6) is 1.47. The molecule has 1 fully saturated rings. The third kappa shape index (κ3) is 4.19. The van der Waals surface area contributed by atoms with Gasteiger partial charge >= 0.3 is 0 Å². The van der Waals surface area contributed by atoms with Crippen molar-refractivity contribution in [3.63, 3.8) is 0 Å². The van der Waals surface area contributed by atoms with Crippen molar-refractivity contribution >= 4 is 23.1 Å². The lowest BCUT2D eigenvalue weighted by atomic mass is 10.1. The van der Waals surface area contributed by atoms with Gasteiger partial charge in [0.2, 0.25) is 5.89 Å². The number of hydrogen-bond donors (Lipinski definition) is 0. The van der Waals surface area contributed by atoms with Crippen molar-refractivity contribution in [1.82, 2.24) is 9.88 Å². The first-order chi connectivity index (χ1) is 12.7. The van der Waals surface area contributed by atoms with Crippen LogP contribution < -0.4 is 0 Å². The Bertz CT molecular complexity index is 837. The molecule has 0 amide bonds. The lowest BCUT2D eigenvalue weighted by Crippen LogP contribution is -2.34. The molecule has 0 bridgehead atoms. The number of hydrogen-bond acceptors (Lipinski definition) is 5. The molecule has 0 radical (unpaired) electrons. The maximum atomic E-state index is 13.0. The molecule has 1 saturated heterocycles. The first kappa shape index (κ1) is 17.8. The normalized spacial score (nSPS) is 16.2. The first-order valence-corrected chi connectivity index (χ1v) is 10.6. The van der Waals surface area contributed by atoms with Crippen molar-refractivity contribution in [1.29, 1.82) is 0 Å². The Labute approximate surface area is 161 Å². The SMILES string of the molecule is Cc1oc(-c2cccs2)nc1CN1CCC(Sc2ccc(F)cc2)CC1.